The van der Waals surface area contributed by atoms with Gasteiger partial charge in [-0.05, 0) is 36.4 Å². The molecule has 0 spiro atoms. The van der Waals surface area contributed by atoms with Gasteiger partial charge in [0.05, 0.1) is 16.7 Å². The molecular formula is C14H10ClN4O4-. The Morgan fingerprint density at radius 1 is 1.43 bits per heavy atom. The summed E-state index contributed by atoms with van der Waals surface area (Å²) in [6.07, 6.45) is 2.38. The number of rotatable bonds is 4. The van der Waals surface area contributed by atoms with Crippen molar-refractivity contribution in [2.45, 2.75) is 6.92 Å². The quantitative estimate of drug-likeness (QED) is 0.519. The first-order chi connectivity index (χ1) is 10.9. The number of aryl methyl sites for hydroxylation is 1. The van der Waals surface area contributed by atoms with Gasteiger partial charge < -0.3 is 5.11 Å². The molecule has 1 aromatic carbocycles. The van der Waals surface area contributed by atoms with Crippen LogP contribution in [0.2, 0.25) is 5.02 Å². The molecule has 0 aliphatic carbocycles. The lowest BCUT2D eigenvalue weighted by atomic mass is 10.2. The van der Waals surface area contributed by atoms with E-state index in [0.29, 0.717) is 0 Å². The van der Waals surface area contributed by atoms with Gasteiger partial charge in [-0.3, -0.25) is 19.9 Å². The largest absolute Gasteiger partial charge is 0.867 e. The zero-order chi connectivity index (χ0) is 17.0. The van der Waals surface area contributed by atoms with Crippen LogP contribution in [0.15, 0.2) is 35.6 Å². The SMILES string of the molecule is Cc1ccc(C(=O)N/N=C\c2cc(Cl)cc([N+](=O)[O-])c2[O-])cn1. The van der Waals surface area contributed by atoms with Crippen LogP contribution >= 0.6 is 11.6 Å². The fourth-order valence-corrected chi connectivity index (χ4v) is 1.88. The molecule has 1 N–H and O–H groups in total. The molecule has 0 atom stereocenters. The Balaban J connectivity index is 2.16. The van der Waals surface area contributed by atoms with Crippen molar-refractivity contribution < 1.29 is 14.8 Å². The van der Waals surface area contributed by atoms with Crippen molar-refractivity contribution >= 4 is 29.4 Å². The summed E-state index contributed by atoms with van der Waals surface area (Å²) in [5, 5.41) is 26.2. The van der Waals surface area contributed by atoms with E-state index < -0.39 is 22.3 Å². The Labute approximate surface area is 135 Å². The van der Waals surface area contributed by atoms with Gasteiger partial charge in [0.2, 0.25) is 0 Å². The molecule has 118 valence electrons. The number of aromatic nitrogens is 1. The average Bonchev–Trinajstić information content (AvgIpc) is 2.50. The van der Waals surface area contributed by atoms with Gasteiger partial charge in [0.1, 0.15) is 0 Å². The van der Waals surface area contributed by atoms with E-state index in [2.05, 4.69) is 15.5 Å². The van der Waals surface area contributed by atoms with E-state index in [1.165, 1.54) is 12.3 Å². The maximum atomic E-state index is 11.8. The normalized spacial score (nSPS) is 10.7. The van der Waals surface area contributed by atoms with Gasteiger partial charge in [0.15, 0.2) is 0 Å². The number of nitrogens with one attached hydrogen (secondary N) is 1. The second-order valence-corrected chi connectivity index (χ2v) is 4.92. The zero-order valence-electron chi connectivity index (χ0n) is 11.8. The first kappa shape index (κ1) is 16.4. The molecule has 2 rings (SSSR count). The van der Waals surface area contributed by atoms with Crippen LogP contribution < -0.4 is 10.5 Å². The fraction of sp³-hybridized carbons (Fsp3) is 0.0714. The van der Waals surface area contributed by atoms with Crippen molar-refractivity contribution in [1.82, 2.24) is 10.4 Å². The van der Waals surface area contributed by atoms with E-state index in [1.807, 2.05) is 0 Å². The van der Waals surface area contributed by atoms with Gasteiger partial charge in [0.25, 0.3) is 11.6 Å². The predicted molar refractivity (Wildman–Crippen MR) is 81.6 cm³/mol. The molecule has 2 aromatic rings. The Morgan fingerprint density at radius 2 is 2.17 bits per heavy atom. The maximum Gasteiger partial charge on any atom is 0.272 e. The van der Waals surface area contributed by atoms with E-state index in [0.717, 1.165) is 18.0 Å². The summed E-state index contributed by atoms with van der Waals surface area (Å²) >= 11 is 5.72. The molecule has 23 heavy (non-hydrogen) atoms. The highest BCUT2D eigenvalue weighted by Gasteiger charge is 2.11. The Morgan fingerprint density at radius 3 is 2.78 bits per heavy atom. The van der Waals surface area contributed by atoms with Crippen LogP contribution in [0, 0.1) is 17.0 Å². The number of carbonyl (C=O) groups excluding carboxylic acids is 1. The molecule has 0 saturated heterocycles. The van der Waals surface area contributed by atoms with E-state index in [1.54, 1.807) is 19.1 Å². The minimum atomic E-state index is -0.839. The Hall–Kier alpha value is -3.00. The molecule has 1 aromatic heterocycles. The van der Waals surface area contributed by atoms with E-state index in [9.17, 15) is 20.0 Å². The number of hydrazone groups is 1. The third-order valence-electron chi connectivity index (χ3n) is 2.80. The van der Waals surface area contributed by atoms with Gasteiger partial charge in [-0.1, -0.05) is 11.6 Å². The number of nitro benzene ring substituents is 1. The highest BCUT2D eigenvalue weighted by atomic mass is 35.5. The number of pyridine rings is 1. The average molecular weight is 334 g/mol. The molecule has 0 aliphatic rings. The van der Waals surface area contributed by atoms with Crippen LogP contribution in [0.5, 0.6) is 5.75 Å². The summed E-state index contributed by atoms with van der Waals surface area (Å²) < 4.78 is 0. The summed E-state index contributed by atoms with van der Waals surface area (Å²) in [5.41, 5.74) is 2.48. The van der Waals surface area contributed by atoms with Crippen molar-refractivity contribution in [3.8, 4) is 5.75 Å². The third-order valence-corrected chi connectivity index (χ3v) is 3.02. The number of halogens is 1. The highest BCUT2D eigenvalue weighted by Crippen LogP contribution is 2.29. The Bertz CT molecular complexity index is 790. The third kappa shape index (κ3) is 4.01. The molecule has 0 radical (unpaired) electrons. The van der Waals surface area contributed by atoms with Crippen molar-refractivity contribution in [3.05, 3.63) is 62.4 Å². The van der Waals surface area contributed by atoms with E-state index >= 15 is 0 Å². The van der Waals surface area contributed by atoms with E-state index in [-0.39, 0.29) is 16.1 Å². The topological polar surface area (TPSA) is 121 Å². The summed E-state index contributed by atoms with van der Waals surface area (Å²) in [5.74, 6) is -1.37. The molecule has 0 fully saturated rings. The number of hydrogen-bond acceptors (Lipinski definition) is 6. The van der Waals surface area contributed by atoms with Crippen molar-refractivity contribution in [1.29, 1.82) is 0 Å². The van der Waals surface area contributed by atoms with Crippen molar-refractivity contribution in [2.75, 3.05) is 0 Å². The van der Waals surface area contributed by atoms with Crippen molar-refractivity contribution in [2.24, 2.45) is 5.10 Å². The minimum absolute atomic E-state index is 0.0202. The number of carbonyl (C=O) groups is 1. The minimum Gasteiger partial charge on any atom is -0.867 e. The van der Waals surface area contributed by atoms with Crippen LogP contribution in [-0.4, -0.2) is 22.0 Å². The Kier molecular flexibility index (Phi) is 4.87. The molecular weight excluding hydrogens is 324 g/mol. The summed E-state index contributed by atoms with van der Waals surface area (Å²) in [6, 6.07) is 5.41. The molecule has 8 nitrogen and oxygen atoms in total. The molecule has 1 amide bonds. The zero-order valence-corrected chi connectivity index (χ0v) is 12.6. The summed E-state index contributed by atoms with van der Waals surface area (Å²) in [4.78, 5) is 25.7. The fourth-order valence-electron chi connectivity index (χ4n) is 1.66. The van der Waals surface area contributed by atoms with Gasteiger partial charge in [-0.25, -0.2) is 5.43 Å². The summed E-state index contributed by atoms with van der Waals surface area (Å²) in [6.45, 7) is 1.78. The highest BCUT2D eigenvalue weighted by molar-refractivity contribution is 6.31. The molecule has 0 bridgehead atoms. The molecule has 0 unspecified atom stereocenters. The number of benzene rings is 1. The molecule has 0 saturated carbocycles. The second kappa shape index (κ2) is 6.84. The predicted octanol–water partition coefficient (Wildman–Crippen LogP) is 1.79. The first-order valence-corrected chi connectivity index (χ1v) is 6.67. The van der Waals surface area contributed by atoms with Crippen LogP contribution in [0.1, 0.15) is 21.6 Å². The van der Waals surface area contributed by atoms with E-state index in [4.69, 9.17) is 11.6 Å². The monoisotopic (exact) mass is 333 g/mol. The van der Waals surface area contributed by atoms with Gasteiger partial charge in [-0.15, -0.1) is 0 Å². The lowest BCUT2D eigenvalue weighted by molar-refractivity contribution is -0.398. The smallest absolute Gasteiger partial charge is 0.272 e. The van der Waals surface area contributed by atoms with Crippen LogP contribution in [0.25, 0.3) is 0 Å². The molecule has 1 heterocycles. The van der Waals surface area contributed by atoms with Gasteiger partial charge in [-0.2, -0.15) is 5.10 Å². The number of amides is 1. The van der Waals surface area contributed by atoms with Gasteiger partial charge in [0, 0.05) is 23.0 Å². The standard InChI is InChI=1S/C14H11ClN4O4/c1-8-2-3-9(6-16-8)14(21)18-17-7-10-4-11(15)5-12(13(10)20)19(22)23/h2-7,20H,1H3,(H,18,21)/p-1/b17-7-. The number of nitro groups is 1. The first-order valence-electron chi connectivity index (χ1n) is 6.29. The van der Waals surface area contributed by atoms with Crippen LogP contribution in [0.4, 0.5) is 5.69 Å². The molecule has 9 heteroatoms. The van der Waals surface area contributed by atoms with Gasteiger partial charge >= 0.3 is 0 Å². The number of nitrogens with zero attached hydrogens (tertiary/aromatic N) is 3. The van der Waals surface area contributed by atoms with Crippen LogP contribution in [-0.2, 0) is 0 Å². The van der Waals surface area contributed by atoms with Crippen LogP contribution in [0.3, 0.4) is 0 Å². The lowest BCUT2D eigenvalue weighted by Crippen LogP contribution is -2.18. The lowest BCUT2D eigenvalue weighted by Gasteiger charge is -2.10. The maximum absolute atomic E-state index is 11.8. The van der Waals surface area contributed by atoms with Crippen molar-refractivity contribution in [3.63, 3.8) is 0 Å². The second-order valence-electron chi connectivity index (χ2n) is 4.49. The number of hydrogen-bond donors (Lipinski definition) is 1. The summed E-state index contributed by atoms with van der Waals surface area (Å²) in [7, 11) is 0. The molecule has 0 aliphatic heterocycles.